The van der Waals surface area contributed by atoms with Crippen molar-refractivity contribution in [1.82, 2.24) is 0 Å². The van der Waals surface area contributed by atoms with Gasteiger partial charge in [0.1, 0.15) is 6.61 Å². The Labute approximate surface area is 85.9 Å². The molecule has 0 amide bonds. The summed E-state index contributed by atoms with van der Waals surface area (Å²) in [5, 5.41) is 27.2. The van der Waals surface area contributed by atoms with Gasteiger partial charge in [-0.25, -0.2) is 4.79 Å². The predicted octanol–water partition coefficient (Wildman–Crippen LogP) is 1.36. The van der Waals surface area contributed by atoms with Crippen LogP contribution in [-0.2, 0) is 0 Å². The number of benzene rings is 1. The van der Waals surface area contributed by atoms with Gasteiger partial charge in [-0.1, -0.05) is 12.7 Å². The lowest BCUT2D eigenvalue weighted by Crippen LogP contribution is -1.99. The van der Waals surface area contributed by atoms with Crippen molar-refractivity contribution in [2.24, 2.45) is 0 Å². The second-order valence-electron chi connectivity index (χ2n) is 2.75. The van der Waals surface area contributed by atoms with E-state index >= 15 is 0 Å². The molecule has 5 nitrogen and oxygen atoms in total. The highest BCUT2D eigenvalue weighted by atomic mass is 16.5. The quantitative estimate of drug-likeness (QED) is 0.516. The van der Waals surface area contributed by atoms with Crippen LogP contribution < -0.4 is 4.74 Å². The zero-order valence-electron chi connectivity index (χ0n) is 7.80. The fourth-order valence-electron chi connectivity index (χ4n) is 0.975. The van der Waals surface area contributed by atoms with Crippen molar-refractivity contribution in [2.45, 2.75) is 0 Å². The summed E-state index contributed by atoms with van der Waals surface area (Å²) in [4.78, 5) is 10.6. The smallest absolute Gasteiger partial charge is 0.335 e. The number of carboxylic acid groups (broad SMARTS) is 1. The molecule has 0 unspecified atom stereocenters. The van der Waals surface area contributed by atoms with Gasteiger partial charge in [0.05, 0.1) is 5.56 Å². The molecule has 0 fully saturated rings. The van der Waals surface area contributed by atoms with Crippen molar-refractivity contribution >= 4 is 5.97 Å². The molecule has 0 spiro atoms. The van der Waals surface area contributed by atoms with E-state index < -0.39 is 17.5 Å². The minimum absolute atomic E-state index is 0.0905. The molecule has 1 rings (SSSR count). The van der Waals surface area contributed by atoms with Crippen molar-refractivity contribution in [3.05, 3.63) is 30.4 Å². The molecule has 0 atom stereocenters. The Kier molecular flexibility index (Phi) is 3.17. The number of ether oxygens (including phenoxy) is 1. The third-order valence-electron chi connectivity index (χ3n) is 1.66. The van der Waals surface area contributed by atoms with Gasteiger partial charge >= 0.3 is 5.97 Å². The number of aromatic hydroxyl groups is 2. The average molecular weight is 210 g/mol. The molecule has 0 bridgehead atoms. The first-order valence-corrected chi connectivity index (χ1v) is 4.09. The largest absolute Gasteiger partial charge is 0.504 e. The van der Waals surface area contributed by atoms with Crippen LogP contribution in [0.5, 0.6) is 17.2 Å². The third kappa shape index (κ3) is 2.40. The standard InChI is InChI=1S/C10H10O5/c1-2-3-15-8-5-6(10(13)14)4-7(11)9(8)12/h2,4-5,11-12H,1,3H2,(H,13,14). The Morgan fingerprint density at radius 2 is 2.13 bits per heavy atom. The summed E-state index contributed by atoms with van der Waals surface area (Å²) in [5.74, 6) is -2.32. The second-order valence-corrected chi connectivity index (χ2v) is 2.75. The Balaban J connectivity index is 3.12. The van der Waals surface area contributed by atoms with E-state index in [1.54, 1.807) is 0 Å². The van der Waals surface area contributed by atoms with Crippen LogP contribution in [-0.4, -0.2) is 27.9 Å². The molecule has 1 aromatic carbocycles. The molecule has 0 saturated heterocycles. The molecule has 0 aromatic heterocycles. The molecule has 0 radical (unpaired) electrons. The van der Waals surface area contributed by atoms with Gasteiger partial charge in [-0.15, -0.1) is 0 Å². The van der Waals surface area contributed by atoms with Crippen LogP contribution in [0.15, 0.2) is 24.8 Å². The lowest BCUT2D eigenvalue weighted by Gasteiger charge is -2.08. The number of aromatic carboxylic acids is 1. The topological polar surface area (TPSA) is 87.0 Å². The molecule has 0 aliphatic carbocycles. The summed E-state index contributed by atoms with van der Waals surface area (Å²) >= 11 is 0. The fraction of sp³-hybridized carbons (Fsp3) is 0.100. The molecule has 0 aliphatic heterocycles. The molecule has 80 valence electrons. The van der Waals surface area contributed by atoms with E-state index in [1.165, 1.54) is 6.08 Å². The summed E-state index contributed by atoms with van der Waals surface area (Å²) in [5.41, 5.74) is -0.163. The van der Waals surface area contributed by atoms with Crippen LogP contribution in [0, 0.1) is 0 Å². The molecule has 0 heterocycles. The summed E-state index contributed by atoms with van der Waals surface area (Å²) in [6, 6.07) is 2.07. The summed E-state index contributed by atoms with van der Waals surface area (Å²) < 4.78 is 4.97. The van der Waals surface area contributed by atoms with E-state index in [1.807, 2.05) is 0 Å². The van der Waals surface area contributed by atoms with Crippen LogP contribution in [0.2, 0.25) is 0 Å². The summed E-state index contributed by atoms with van der Waals surface area (Å²) in [7, 11) is 0. The third-order valence-corrected chi connectivity index (χ3v) is 1.66. The molecule has 15 heavy (non-hydrogen) atoms. The number of rotatable bonds is 4. The lowest BCUT2D eigenvalue weighted by molar-refractivity contribution is 0.0696. The normalized spacial score (nSPS) is 9.60. The van der Waals surface area contributed by atoms with Crippen molar-refractivity contribution in [2.75, 3.05) is 6.61 Å². The van der Waals surface area contributed by atoms with E-state index in [9.17, 15) is 15.0 Å². The highest BCUT2D eigenvalue weighted by molar-refractivity contribution is 5.89. The van der Waals surface area contributed by atoms with Crippen LogP contribution >= 0.6 is 0 Å². The maximum Gasteiger partial charge on any atom is 0.335 e. The van der Waals surface area contributed by atoms with Gasteiger partial charge in [0.25, 0.3) is 0 Å². The summed E-state index contributed by atoms with van der Waals surface area (Å²) in [6.45, 7) is 3.51. The van der Waals surface area contributed by atoms with Gasteiger partial charge in [0.15, 0.2) is 11.5 Å². The number of carboxylic acids is 1. The maximum atomic E-state index is 10.6. The molecule has 5 heteroatoms. The van der Waals surface area contributed by atoms with E-state index in [4.69, 9.17) is 9.84 Å². The van der Waals surface area contributed by atoms with Crippen molar-refractivity contribution in [1.29, 1.82) is 0 Å². The number of hydrogen-bond donors (Lipinski definition) is 3. The number of phenolic OH excluding ortho intramolecular Hbond substituents is 2. The first kappa shape index (κ1) is 10.9. The zero-order valence-corrected chi connectivity index (χ0v) is 7.80. The molecular weight excluding hydrogens is 200 g/mol. The Morgan fingerprint density at radius 3 is 2.67 bits per heavy atom. The predicted molar refractivity (Wildman–Crippen MR) is 52.4 cm³/mol. The molecule has 1 aromatic rings. The Morgan fingerprint density at radius 1 is 1.47 bits per heavy atom. The van der Waals surface area contributed by atoms with Gasteiger partial charge < -0.3 is 20.1 Å². The van der Waals surface area contributed by atoms with E-state index in [0.29, 0.717) is 0 Å². The molecule has 0 saturated carbocycles. The number of phenols is 2. The Bertz CT molecular complexity index is 397. The minimum atomic E-state index is -1.21. The monoisotopic (exact) mass is 210 g/mol. The van der Waals surface area contributed by atoms with Gasteiger partial charge in [-0.3, -0.25) is 0 Å². The minimum Gasteiger partial charge on any atom is -0.504 e. The van der Waals surface area contributed by atoms with Crippen LogP contribution in [0.3, 0.4) is 0 Å². The van der Waals surface area contributed by atoms with Gasteiger partial charge in [0.2, 0.25) is 5.75 Å². The molecular formula is C10H10O5. The van der Waals surface area contributed by atoms with E-state index in [0.717, 1.165) is 12.1 Å². The molecule has 0 aliphatic rings. The average Bonchev–Trinajstić information content (AvgIpc) is 2.19. The second kappa shape index (κ2) is 4.36. The lowest BCUT2D eigenvalue weighted by atomic mass is 10.2. The van der Waals surface area contributed by atoms with Gasteiger partial charge in [-0.2, -0.15) is 0 Å². The number of carbonyl (C=O) groups is 1. The number of hydrogen-bond acceptors (Lipinski definition) is 4. The first-order chi connectivity index (χ1) is 7.06. The van der Waals surface area contributed by atoms with Gasteiger partial charge in [-0.05, 0) is 12.1 Å². The maximum absolute atomic E-state index is 10.6. The van der Waals surface area contributed by atoms with Crippen LogP contribution in [0.4, 0.5) is 0 Å². The SMILES string of the molecule is C=CCOc1cc(C(=O)O)cc(O)c1O. The highest BCUT2D eigenvalue weighted by Gasteiger charge is 2.13. The summed E-state index contributed by atoms with van der Waals surface area (Å²) in [6.07, 6.45) is 1.43. The fourth-order valence-corrected chi connectivity index (χ4v) is 0.975. The molecule has 3 N–H and O–H groups in total. The first-order valence-electron chi connectivity index (χ1n) is 4.09. The van der Waals surface area contributed by atoms with E-state index in [-0.39, 0.29) is 17.9 Å². The van der Waals surface area contributed by atoms with Crippen LogP contribution in [0.25, 0.3) is 0 Å². The van der Waals surface area contributed by atoms with Crippen LogP contribution in [0.1, 0.15) is 10.4 Å². The van der Waals surface area contributed by atoms with Crippen molar-refractivity contribution in [3.63, 3.8) is 0 Å². The zero-order chi connectivity index (χ0) is 11.4. The van der Waals surface area contributed by atoms with E-state index in [2.05, 4.69) is 6.58 Å². The van der Waals surface area contributed by atoms with Gasteiger partial charge in [0, 0.05) is 0 Å². The highest BCUT2D eigenvalue weighted by Crippen LogP contribution is 2.36. The van der Waals surface area contributed by atoms with Crippen molar-refractivity contribution < 1.29 is 24.9 Å². The Hall–Kier alpha value is -2.17. The van der Waals surface area contributed by atoms with Crippen molar-refractivity contribution in [3.8, 4) is 17.2 Å².